The molecule has 5 heteroatoms. The van der Waals surface area contributed by atoms with Gasteiger partial charge >= 0.3 is 5.97 Å². The van der Waals surface area contributed by atoms with Gasteiger partial charge in [0, 0.05) is 5.02 Å². The second-order valence-corrected chi connectivity index (χ2v) is 6.17. The molecule has 0 heterocycles. The smallest absolute Gasteiger partial charge is 0.338 e. The van der Waals surface area contributed by atoms with Crippen LogP contribution in [0.4, 0.5) is 0 Å². The maximum absolute atomic E-state index is 12.1. The highest BCUT2D eigenvalue weighted by Crippen LogP contribution is 2.16. The third kappa shape index (κ3) is 4.83. The van der Waals surface area contributed by atoms with Crippen molar-refractivity contribution in [2.45, 2.75) is 26.8 Å². The molecule has 2 rings (SSSR count). The zero-order valence-electron chi connectivity index (χ0n) is 13.9. The Balaban J connectivity index is 1.88. The molecule has 1 atom stereocenters. The van der Waals surface area contributed by atoms with Crippen molar-refractivity contribution in [3.8, 4) is 0 Å². The van der Waals surface area contributed by atoms with Crippen LogP contribution in [0.15, 0.2) is 42.5 Å². The molecule has 24 heavy (non-hydrogen) atoms. The lowest BCUT2D eigenvalue weighted by Crippen LogP contribution is -2.31. The summed E-state index contributed by atoms with van der Waals surface area (Å²) in [5.41, 5.74) is 3.29. The Hall–Kier alpha value is -2.33. The lowest BCUT2D eigenvalue weighted by atomic mass is 10.1. The molecule has 0 aliphatic rings. The van der Waals surface area contributed by atoms with Crippen molar-refractivity contribution in [1.82, 2.24) is 5.32 Å². The number of rotatable bonds is 5. The lowest BCUT2D eigenvalue weighted by Gasteiger charge is -2.14. The number of hydrogen-bond donors (Lipinski definition) is 1. The molecular formula is C19H20ClNO3. The molecule has 0 aliphatic heterocycles. The first kappa shape index (κ1) is 18.0. The quantitative estimate of drug-likeness (QED) is 0.833. The third-order valence-corrected chi connectivity index (χ3v) is 3.94. The highest BCUT2D eigenvalue weighted by atomic mass is 35.5. The van der Waals surface area contributed by atoms with Crippen LogP contribution in [0.3, 0.4) is 0 Å². The topological polar surface area (TPSA) is 55.4 Å². The summed E-state index contributed by atoms with van der Waals surface area (Å²) in [6.07, 6.45) is 0. The van der Waals surface area contributed by atoms with E-state index < -0.39 is 5.97 Å². The van der Waals surface area contributed by atoms with Gasteiger partial charge in [0.25, 0.3) is 5.91 Å². The van der Waals surface area contributed by atoms with Gasteiger partial charge in [-0.25, -0.2) is 4.79 Å². The summed E-state index contributed by atoms with van der Waals surface area (Å²) < 4.78 is 5.09. The summed E-state index contributed by atoms with van der Waals surface area (Å²) in [7, 11) is 0. The molecule has 1 amide bonds. The standard InChI is InChI=1S/C19H20ClNO3/c1-12-4-9-17(13(2)10-12)19(23)24-11-18(22)21-14(3)15-5-7-16(20)8-6-15/h4-10,14H,11H2,1-3H3,(H,21,22)/t14-/m0/s1. The van der Waals surface area contributed by atoms with Crippen LogP contribution in [0, 0.1) is 13.8 Å². The van der Waals surface area contributed by atoms with E-state index in [1.807, 2.05) is 45.0 Å². The number of ether oxygens (including phenoxy) is 1. The van der Waals surface area contributed by atoms with E-state index in [1.165, 1.54) is 0 Å². The van der Waals surface area contributed by atoms with Crippen molar-refractivity contribution in [3.63, 3.8) is 0 Å². The monoisotopic (exact) mass is 345 g/mol. The molecule has 0 aliphatic carbocycles. The summed E-state index contributed by atoms with van der Waals surface area (Å²) in [6, 6.07) is 12.5. The van der Waals surface area contributed by atoms with Crippen molar-refractivity contribution in [2.75, 3.05) is 6.61 Å². The Bertz CT molecular complexity index is 741. The van der Waals surface area contributed by atoms with Crippen LogP contribution in [0.5, 0.6) is 0 Å². The fraction of sp³-hybridized carbons (Fsp3) is 0.263. The van der Waals surface area contributed by atoms with Crippen LogP contribution in [0.25, 0.3) is 0 Å². The van der Waals surface area contributed by atoms with Crippen LogP contribution in [-0.2, 0) is 9.53 Å². The molecule has 0 aromatic heterocycles. The first-order valence-electron chi connectivity index (χ1n) is 7.66. The summed E-state index contributed by atoms with van der Waals surface area (Å²) in [5, 5.41) is 3.43. The number of carbonyl (C=O) groups is 2. The fourth-order valence-electron chi connectivity index (χ4n) is 2.37. The van der Waals surface area contributed by atoms with E-state index in [9.17, 15) is 9.59 Å². The SMILES string of the molecule is Cc1ccc(C(=O)OCC(=O)N[C@@H](C)c2ccc(Cl)cc2)c(C)c1. The molecule has 0 radical (unpaired) electrons. The molecular weight excluding hydrogens is 326 g/mol. The normalized spacial score (nSPS) is 11.7. The van der Waals surface area contributed by atoms with Gasteiger partial charge < -0.3 is 10.1 Å². The van der Waals surface area contributed by atoms with Crippen molar-refractivity contribution >= 4 is 23.5 Å². The third-order valence-electron chi connectivity index (χ3n) is 3.68. The number of hydrogen-bond acceptors (Lipinski definition) is 3. The van der Waals surface area contributed by atoms with E-state index in [0.717, 1.165) is 16.7 Å². The van der Waals surface area contributed by atoms with Gasteiger partial charge in [0.1, 0.15) is 0 Å². The Morgan fingerprint density at radius 2 is 1.79 bits per heavy atom. The lowest BCUT2D eigenvalue weighted by molar-refractivity contribution is -0.124. The van der Waals surface area contributed by atoms with Gasteiger partial charge in [-0.1, -0.05) is 41.4 Å². The minimum Gasteiger partial charge on any atom is -0.452 e. The van der Waals surface area contributed by atoms with Crippen molar-refractivity contribution in [2.24, 2.45) is 0 Å². The van der Waals surface area contributed by atoms with Crippen LogP contribution >= 0.6 is 11.6 Å². The number of benzene rings is 2. The first-order valence-corrected chi connectivity index (χ1v) is 8.04. The molecule has 0 spiro atoms. The molecule has 1 N–H and O–H groups in total. The summed E-state index contributed by atoms with van der Waals surface area (Å²) in [5.74, 6) is -0.850. The largest absolute Gasteiger partial charge is 0.452 e. The minimum atomic E-state index is -0.498. The molecule has 0 unspecified atom stereocenters. The van der Waals surface area contributed by atoms with Gasteiger partial charge in [-0.2, -0.15) is 0 Å². The molecule has 2 aromatic carbocycles. The van der Waals surface area contributed by atoms with Crippen LogP contribution in [0.1, 0.15) is 40.0 Å². The Kier molecular flexibility index (Phi) is 5.99. The van der Waals surface area contributed by atoms with Gasteiger partial charge in [-0.05, 0) is 50.1 Å². The van der Waals surface area contributed by atoms with E-state index in [4.69, 9.17) is 16.3 Å². The van der Waals surface area contributed by atoms with E-state index in [1.54, 1.807) is 18.2 Å². The molecule has 126 valence electrons. The first-order chi connectivity index (χ1) is 11.4. The highest BCUT2D eigenvalue weighted by molar-refractivity contribution is 6.30. The van der Waals surface area contributed by atoms with E-state index in [2.05, 4.69) is 5.32 Å². The van der Waals surface area contributed by atoms with E-state index in [-0.39, 0.29) is 18.6 Å². The average Bonchev–Trinajstić information content (AvgIpc) is 2.53. The summed E-state index contributed by atoms with van der Waals surface area (Å²) >= 11 is 5.84. The van der Waals surface area contributed by atoms with Gasteiger partial charge in [0.15, 0.2) is 6.61 Å². The number of esters is 1. The molecule has 0 saturated carbocycles. The van der Waals surface area contributed by atoms with Gasteiger partial charge in [-0.3, -0.25) is 4.79 Å². The molecule has 0 fully saturated rings. The second kappa shape index (κ2) is 7.97. The van der Waals surface area contributed by atoms with E-state index in [0.29, 0.717) is 10.6 Å². The van der Waals surface area contributed by atoms with Gasteiger partial charge in [0.2, 0.25) is 0 Å². The number of halogens is 1. The molecule has 4 nitrogen and oxygen atoms in total. The fourth-order valence-corrected chi connectivity index (χ4v) is 2.50. The molecule has 0 saturated heterocycles. The van der Waals surface area contributed by atoms with E-state index >= 15 is 0 Å². The summed E-state index contributed by atoms with van der Waals surface area (Å²) in [4.78, 5) is 24.0. The zero-order valence-corrected chi connectivity index (χ0v) is 14.7. The van der Waals surface area contributed by atoms with Gasteiger partial charge in [-0.15, -0.1) is 0 Å². The molecule has 0 bridgehead atoms. The van der Waals surface area contributed by atoms with Crippen LogP contribution in [-0.4, -0.2) is 18.5 Å². The minimum absolute atomic E-state index is 0.199. The number of amides is 1. The molecule has 2 aromatic rings. The number of carbonyl (C=O) groups excluding carboxylic acids is 2. The predicted molar refractivity (Wildman–Crippen MR) is 94.2 cm³/mol. The number of aryl methyl sites for hydroxylation is 2. The average molecular weight is 346 g/mol. The Morgan fingerprint density at radius 1 is 1.12 bits per heavy atom. The van der Waals surface area contributed by atoms with Crippen LogP contribution in [0.2, 0.25) is 5.02 Å². The Labute approximate surface area is 146 Å². The zero-order chi connectivity index (χ0) is 17.7. The maximum Gasteiger partial charge on any atom is 0.338 e. The Morgan fingerprint density at radius 3 is 2.42 bits per heavy atom. The van der Waals surface area contributed by atoms with Gasteiger partial charge in [0.05, 0.1) is 11.6 Å². The highest BCUT2D eigenvalue weighted by Gasteiger charge is 2.14. The number of nitrogens with one attached hydrogen (secondary N) is 1. The van der Waals surface area contributed by atoms with Crippen molar-refractivity contribution < 1.29 is 14.3 Å². The predicted octanol–water partition coefficient (Wildman–Crippen LogP) is 3.99. The second-order valence-electron chi connectivity index (χ2n) is 5.74. The summed E-state index contributed by atoms with van der Waals surface area (Å²) in [6.45, 7) is 5.33. The van der Waals surface area contributed by atoms with Crippen molar-refractivity contribution in [1.29, 1.82) is 0 Å². The van der Waals surface area contributed by atoms with Crippen molar-refractivity contribution in [3.05, 3.63) is 69.7 Å². The maximum atomic E-state index is 12.1. The van der Waals surface area contributed by atoms with Crippen LogP contribution < -0.4 is 5.32 Å².